The smallest absolute Gasteiger partial charge is 0.306 e. The normalized spacial score (nSPS) is 26.2. The molecule has 1 fully saturated rings. The number of ether oxygens (including phenoxy) is 1. The molecule has 0 aromatic carbocycles. The molecule has 1 atom stereocenters. The lowest BCUT2D eigenvalue weighted by Crippen LogP contribution is -2.43. The molecule has 0 radical (unpaired) electrons. The highest BCUT2D eigenvalue weighted by Gasteiger charge is 2.27. The van der Waals surface area contributed by atoms with Gasteiger partial charge in [-0.25, -0.2) is 0 Å². The predicted molar refractivity (Wildman–Crippen MR) is 62.6 cm³/mol. The zero-order valence-corrected chi connectivity index (χ0v) is 10.4. The van der Waals surface area contributed by atoms with Gasteiger partial charge in [-0.3, -0.25) is 9.59 Å². The number of hydrogen-bond donors (Lipinski definition) is 2. The maximum absolute atomic E-state index is 11.7. The van der Waals surface area contributed by atoms with Crippen molar-refractivity contribution in [3.63, 3.8) is 0 Å². The van der Waals surface area contributed by atoms with E-state index >= 15 is 0 Å². The molecule has 0 saturated heterocycles. The zero-order chi connectivity index (χ0) is 12.8. The Hall–Kier alpha value is -1.10. The summed E-state index contributed by atoms with van der Waals surface area (Å²) in [6, 6.07) is 0.0982. The highest BCUT2D eigenvalue weighted by molar-refractivity contribution is 5.80. The van der Waals surface area contributed by atoms with Gasteiger partial charge in [0.15, 0.2) is 0 Å². The van der Waals surface area contributed by atoms with Crippen LogP contribution in [-0.2, 0) is 14.3 Å². The van der Waals surface area contributed by atoms with Crippen LogP contribution in [0.5, 0.6) is 0 Å². The van der Waals surface area contributed by atoms with Crippen LogP contribution in [0.2, 0.25) is 0 Å². The van der Waals surface area contributed by atoms with E-state index < -0.39 is 12.1 Å². The van der Waals surface area contributed by atoms with Gasteiger partial charge < -0.3 is 15.2 Å². The first kappa shape index (κ1) is 14.0. The topological polar surface area (TPSA) is 75.6 Å². The van der Waals surface area contributed by atoms with Gasteiger partial charge in [0, 0.05) is 12.6 Å². The standard InChI is InChI=1S/C12H21NO4/c1-3-17-8(2)11(14)13-10-6-4-9(5-7-10)12(15)16/h8-10H,3-7H2,1-2H3,(H,13,14)(H,15,16). The monoisotopic (exact) mass is 243 g/mol. The van der Waals surface area contributed by atoms with Crippen LogP contribution in [0.1, 0.15) is 39.5 Å². The molecule has 0 aliphatic heterocycles. The van der Waals surface area contributed by atoms with Crippen molar-refractivity contribution in [3.05, 3.63) is 0 Å². The molecule has 1 unspecified atom stereocenters. The second-order valence-electron chi connectivity index (χ2n) is 4.49. The average molecular weight is 243 g/mol. The molecule has 1 rings (SSSR count). The first-order chi connectivity index (χ1) is 8.04. The lowest BCUT2D eigenvalue weighted by atomic mass is 9.86. The summed E-state index contributed by atoms with van der Waals surface area (Å²) in [5.74, 6) is -1.07. The van der Waals surface area contributed by atoms with Gasteiger partial charge >= 0.3 is 5.97 Å². The van der Waals surface area contributed by atoms with Crippen molar-refractivity contribution in [1.82, 2.24) is 5.32 Å². The maximum Gasteiger partial charge on any atom is 0.306 e. The van der Waals surface area contributed by atoms with Crippen molar-refractivity contribution >= 4 is 11.9 Å². The minimum absolute atomic E-state index is 0.0982. The van der Waals surface area contributed by atoms with E-state index in [0.717, 1.165) is 12.8 Å². The van der Waals surface area contributed by atoms with Crippen LogP contribution in [0.15, 0.2) is 0 Å². The van der Waals surface area contributed by atoms with Crippen LogP contribution in [0.25, 0.3) is 0 Å². The largest absolute Gasteiger partial charge is 0.481 e. The van der Waals surface area contributed by atoms with Gasteiger partial charge in [-0.15, -0.1) is 0 Å². The quantitative estimate of drug-likeness (QED) is 0.760. The first-order valence-electron chi connectivity index (χ1n) is 6.19. The second kappa shape index (κ2) is 6.59. The van der Waals surface area contributed by atoms with Gasteiger partial charge in [-0.05, 0) is 39.5 Å². The Bertz CT molecular complexity index is 272. The molecule has 17 heavy (non-hydrogen) atoms. The van der Waals surface area contributed by atoms with Gasteiger partial charge in [-0.1, -0.05) is 0 Å². The molecule has 0 aromatic heterocycles. The Morgan fingerprint density at radius 3 is 2.41 bits per heavy atom. The van der Waals surface area contributed by atoms with E-state index in [1.165, 1.54) is 0 Å². The van der Waals surface area contributed by atoms with E-state index in [-0.39, 0.29) is 17.9 Å². The van der Waals surface area contributed by atoms with Gasteiger partial charge in [0.2, 0.25) is 5.91 Å². The Morgan fingerprint density at radius 2 is 1.94 bits per heavy atom. The van der Waals surface area contributed by atoms with Crippen LogP contribution in [0.3, 0.4) is 0 Å². The molecule has 1 saturated carbocycles. The van der Waals surface area contributed by atoms with Crippen molar-refractivity contribution in [1.29, 1.82) is 0 Å². The summed E-state index contributed by atoms with van der Waals surface area (Å²) in [5.41, 5.74) is 0. The number of carboxylic acid groups (broad SMARTS) is 1. The summed E-state index contributed by atoms with van der Waals surface area (Å²) in [7, 11) is 0. The van der Waals surface area contributed by atoms with Crippen molar-refractivity contribution < 1.29 is 19.4 Å². The average Bonchev–Trinajstić information content (AvgIpc) is 2.30. The highest BCUT2D eigenvalue weighted by atomic mass is 16.5. The van der Waals surface area contributed by atoms with Crippen molar-refractivity contribution in [2.24, 2.45) is 5.92 Å². The number of carbonyl (C=O) groups excluding carboxylic acids is 1. The van der Waals surface area contributed by atoms with Crippen molar-refractivity contribution in [2.75, 3.05) is 6.61 Å². The number of hydrogen-bond acceptors (Lipinski definition) is 3. The first-order valence-corrected chi connectivity index (χ1v) is 6.19. The summed E-state index contributed by atoms with van der Waals surface area (Å²) < 4.78 is 5.20. The molecule has 0 spiro atoms. The minimum Gasteiger partial charge on any atom is -0.481 e. The Balaban J connectivity index is 2.30. The molecule has 2 N–H and O–H groups in total. The Kier molecular flexibility index (Phi) is 5.41. The molecule has 0 aromatic rings. The fraction of sp³-hybridized carbons (Fsp3) is 0.833. The third kappa shape index (κ3) is 4.34. The van der Waals surface area contributed by atoms with Crippen molar-refractivity contribution in [3.8, 4) is 0 Å². The van der Waals surface area contributed by atoms with Gasteiger partial charge in [0.25, 0.3) is 0 Å². The second-order valence-corrected chi connectivity index (χ2v) is 4.49. The molecular formula is C12H21NO4. The van der Waals surface area contributed by atoms with Crippen LogP contribution in [0.4, 0.5) is 0 Å². The Labute approximate surface area is 102 Å². The van der Waals surface area contributed by atoms with Gasteiger partial charge in [0.05, 0.1) is 5.92 Å². The van der Waals surface area contributed by atoms with Crippen LogP contribution >= 0.6 is 0 Å². The number of rotatable bonds is 5. The summed E-state index contributed by atoms with van der Waals surface area (Å²) in [5, 5.41) is 11.8. The van der Waals surface area contributed by atoms with Crippen LogP contribution in [0, 0.1) is 5.92 Å². The Morgan fingerprint density at radius 1 is 1.35 bits per heavy atom. The van der Waals surface area contributed by atoms with E-state index in [0.29, 0.717) is 19.4 Å². The van der Waals surface area contributed by atoms with Crippen LogP contribution in [-0.4, -0.2) is 35.7 Å². The molecule has 98 valence electrons. The van der Waals surface area contributed by atoms with E-state index in [1.807, 2.05) is 6.92 Å². The number of carbonyl (C=O) groups is 2. The highest BCUT2D eigenvalue weighted by Crippen LogP contribution is 2.24. The molecule has 0 heterocycles. The van der Waals surface area contributed by atoms with E-state index in [4.69, 9.17) is 9.84 Å². The number of amides is 1. The summed E-state index contributed by atoms with van der Waals surface area (Å²) in [6.45, 7) is 4.09. The number of aliphatic carboxylic acids is 1. The number of carboxylic acids is 1. The van der Waals surface area contributed by atoms with Gasteiger partial charge in [-0.2, -0.15) is 0 Å². The molecule has 1 aliphatic rings. The molecule has 1 amide bonds. The summed E-state index contributed by atoms with van der Waals surface area (Å²) in [6.07, 6.45) is 2.33. The third-order valence-corrected chi connectivity index (χ3v) is 3.21. The van der Waals surface area contributed by atoms with Crippen LogP contribution < -0.4 is 5.32 Å². The fourth-order valence-electron chi connectivity index (χ4n) is 2.13. The molecular weight excluding hydrogens is 222 g/mol. The molecule has 5 heteroatoms. The molecule has 1 aliphatic carbocycles. The predicted octanol–water partition coefficient (Wildman–Crippen LogP) is 1.17. The third-order valence-electron chi connectivity index (χ3n) is 3.21. The summed E-state index contributed by atoms with van der Waals surface area (Å²) >= 11 is 0. The zero-order valence-electron chi connectivity index (χ0n) is 10.4. The lowest BCUT2D eigenvalue weighted by molar-refractivity contribution is -0.142. The van der Waals surface area contributed by atoms with E-state index in [1.54, 1.807) is 6.92 Å². The summed E-state index contributed by atoms with van der Waals surface area (Å²) in [4.78, 5) is 22.4. The van der Waals surface area contributed by atoms with Crippen molar-refractivity contribution in [2.45, 2.75) is 51.7 Å². The molecule has 5 nitrogen and oxygen atoms in total. The van der Waals surface area contributed by atoms with E-state index in [9.17, 15) is 9.59 Å². The van der Waals surface area contributed by atoms with E-state index in [2.05, 4.69) is 5.32 Å². The lowest BCUT2D eigenvalue weighted by Gasteiger charge is -2.27. The minimum atomic E-state index is -0.725. The maximum atomic E-state index is 11.7. The SMILES string of the molecule is CCOC(C)C(=O)NC1CCC(C(=O)O)CC1. The van der Waals surface area contributed by atoms with Gasteiger partial charge in [0.1, 0.15) is 6.10 Å². The number of nitrogens with one attached hydrogen (secondary N) is 1. The fourth-order valence-corrected chi connectivity index (χ4v) is 2.13. The molecule has 0 bridgehead atoms.